The van der Waals surface area contributed by atoms with Crippen molar-refractivity contribution in [3.05, 3.63) is 30.1 Å². The molecule has 1 fully saturated rings. The molecule has 10 heteroatoms. The quantitative estimate of drug-likeness (QED) is 0.742. The molecule has 0 bridgehead atoms. The van der Waals surface area contributed by atoms with Crippen LogP contribution in [0.5, 0.6) is 0 Å². The van der Waals surface area contributed by atoms with Gasteiger partial charge >= 0.3 is 6.09 Å². The van der Waals surface area contributed by atoms with Crippen LogP contribution in [0.25, 0.3) is 0 Å². The highest BCUT2D eigenvalue weighted by Crippen LogP contribution is 2.17. The van der Waals surface area contributed by atoms with Crippen molar-refractivity contribution < 1.29 is 27.3 Å². The van der Waals surface area contributed by atoms with Crippen LogP contribution in [-0.4, -0.2) is 66.9 Å². The molecule has 0 aromatic carbocycles. The highest BCUT2D eigenvalue weighted by molar-refractivity contribution is 7.86. The summed E-state index contributed by atoms with van der Waals surface area (Å²) in [6.07, 6.45) is 2.64. The summed E-state index contributed by atoms with van der Waals surface area (Å²) in [4.78, 5) is 28.5. The van der Waals surface area contributed by atoms with Crippen molar-refractivity contribution in [3.8, 4) is 0 Å². The number of nitrogens with zero attached hydrogens (tertiary/aromatic N) is 2. The molecule has 24 heavy (non-hydrogen) atoms. The molecule has 0 radical (unpaired) electrons. The van der Waals surface area contributed by atoms with Gasteiger partial charge < -0.3 is 15.3 Å². The lowest BCUT2D eigenvalue weighted by Gasteiger charge is -2.27. The van der Waals surface area contributed by atoms with Crippen LogP contribution < -0.4 is 5.32 Å². The minimum atomic E-state index is -3.74. The number of rotatable bonds is 4. The van der Waals surface area contributed by atoms with Gasteiger partial charge in [-0.25, -0.2) is 4.79 Å². The number of hydrogen-bond acceptors (Lipinski definition) is 6. The van der Waals surface area contributed by atoms with E-state index in [4.69, 9.17) is 4.18 Å². The zero-order chi connectivity index (χ0) is 17.7. The van der Waals surface area contributed by atoms with Gasteiger partial charge in [0.15, 0.2) is 0 Å². The number of pyridine rings is 1. The van der Waals surface area contributed by atoms with Crippen LogP contribution in [0.1, 0.15) is 23.2 Å². The number of likely N-dealkylation sites (tertiary alicyclic amines) is 1. The molecule has 0 unspecified atom stereocenters. The fraction of sp³-hybridized carbons (Fsp3) is 0.500. The summed E-state index contributed by atoms with van der Waals surface area (Å²) in [5.74, 6) is -0.447. The molecule has 1 saturated heterocycles. The maximum atomic E-state index is 12.3. The summed E-state index contributed by atoms with van der Waals surface area (Å²) in [5.41, 5.74) is 0.342. The predicted octanol–water partition coefficient (Wildman–Crippen LogP) is 0.299. The Bertz CT molecular complexity index is 694. The number of carboxylic acid groups (broad SMARTS) is 1. The van der Waals surface area contributed by atoms with E-state index < -0.39 is 34.3 Å². The number of carbonyl (C=O) groups excluding carboxylic acids is 1. The molecule has 2 heterocycles. The second kappa shape index (κ2) is 7.58. The summed E-state index contributed by atoms with van der Waals surface area (Å²) in [5, 5.41) is 11.9. The fourth-order valence-corrected chi connectivity index (χ4v) is 3.22. The van der Waals surface area contributed by atoms with E-state index in [1.165, 1.54) is 24.5 Å². The van der Waals surface area contributed by atoms with Crippen molar-refractivity contribution in [1.29, 1.82) is 0 Å². The first-order valence-electron chi connectivity index (χ1n) is 7.33. The van der Waals surface area contributed by atoms with E-state index in [9.17, 15) is 23.1 Å². The second-order valence-electron chi connectivity index (χ2n) is 5.53. The highest BCUT2D eigenvalue weighted by Gasteiger charge is 2.33. The lowest BCUT2D eigenvalue weighted by molar-refractivity contribution is 0.0845. The first kappa shape index (κ1) is 18.1. The van der Waals surface area contributed by atoms with E-state index in [0.717, 1.165) is 11.2 Å². The Balaban J connectivity index is 2.19. The average molecular weight is 357 g/mol. The maximum Gasteiger partial charge on any atom is 0.407 e. The Morgan fingerprint density at radius 3 is 2.62 bits per heavy atom. The van der Waals surface area contributed by atoms with E-state index in [0.29, 0.717) is 18.4 Å². The highest BCUT2D eigenvalue weighted by atomic mass is 32.2. The maximum absolute atomic E-state index is 12.3. The van der Waals surface area contributed by atoms with Crippen molar-refractivity contribution in [2.45, 2.75) is 25.0 Å². The Kier molecular flexibility index (Phi) is 5.73. The molecule has 1 aromatic heterocycles. The third-order valence-corrected chi connectivity index (χ3v) is 4.21. The third kappa shape index (κ3) is 5.17. The molecular formula is C14H19N3O6S. The molecule has 1 aliphatic heterocycles. The van der Waals surface area contributed by atoms with Crippen molar-refractivity contribution in [2.75, 3.05) is 19.3 Å². The summed E-state index contributed by atoms with van der Waals surface area (Å²) in [6, 6.07) is 2.24. The standard InChI is InChI=1S/C14H19N3O6S/c1-24(21,22)23-12-3-2-8-17(14(19)20)9-11(12)16-13(18)10-4-6-15-7-5-10/h4-7,11-12H,2-3,8-9H2,1H3,(H,16,18)(H,19,20)/t11-,12+/m1/s1. The van der Waals surface area contributed by atoms with Crippen LogP contribution in [0.15, 0.2) is 24.5 Å². The van der Waals surface area contributed by atoms with Crippen LogP contribution >= 0.6 is 0 Å². The van der Waals surface area contributed by atoms with Crippen LogP contribution in [0.2, 0.25) is 0 Å². The molecule has 1 aromatic rings. The Morgan fingerprint density at radius 2 is 2.04 bits per heavy atom. The van der Waals surface area contributed by atoms with E-state index in [2.05, 4.69) is 10.3 Å². The molecule has 2 rings (SSSR count). The fourth-order valence-electron chi connectivity index (χ4n) is 2.54. The largest absolute Gasteiger partial charge is 0.465 e. The summed E-state index contributed by atoms with van der Waals surface area (Å²) in [7, 11) is -3.74. The molecule has 2 atom stereocenters. The normalized spacial score (nSPS) is 21.8. The van der Waals surface area contributed by atoms with Gasteiger partial charge in [0.1, 0.15) is 0 Å². The Labute approximate surface area is 139 Å². The second-order valence-corrected chi connectivity index (χ2v) is 7.13. The van der Waals surface area contributed by atoms with Gasteiger partial charge in [-0.2, -0.15) is 8.42 Å². The predicted molar refractivity (Wildman–Crippen MR) is 84.0 cm³/mol. The molecule has 132 valence electrons. The van der Waals surface area contributed by atoms with Gasteiger partial charge in [0.25, 0.3) is 16.0 Å². The number of amides is 2. The van der Waals surface area contributed by atoms with Crippen LogP contribution in [-0.2, 0) is 14.3 Å². The van der Waals surface area contributed by atoms with Crippen molar-refractivity contribution in [2.24, 2.45) is 0 Å². The van der Waals surface area contributed by atoms with Gasteiger partial charge in [-0.05, 0) is 25.0 Å². The summed E-state index contributed by atoms with van der Waals surface area (Å²) >= 11 is 0. The molecule has 1 aliphatic rings. The van der Waals surface area contributed by atoms with Gasteiger partial charge in [0.05, 0.1) is 18.4 Å². The molecule has 0 aliphatic carbocycles. The lowest BCUT2D eigenvalue weighted by Crippen LogP contribution is -2.50. The molecule has 2 amide bonds. The number of hydrogen-bond donors (Lipinski definition) is 2. The van der Waals surface area contributed by atoms with E-state index >= 15 is 0 Å². The van der Waals surface area contributed by atoms with E-state index in [1.807, 2.05) is 0 Å². The number of aromatic nitrogens is 1. The van der Waals surface area contributed by atoms with Gasteiger partial charge in [-0.1, -0.05) is 0 Å². The van der Waals surface area contributed by atoms with E-state index in [1.54, 1.807) is 0 Å². The molecule has 0 saturated carbocycles. The Hall–Kier alpha value is -2.20. The number of nitrogens with one attached hydrogen (secondary N) is 1. The SMILES string of the molecule is CS(=O)(=O)O[C@H]1CCCN(C(=O)O)C[C@H]1NC(=O)c1ccncc1. The van der Waals surface area contributed by atoms with Gasteiger partial charge in [-0.3, -0.25) is 14.0 Å². The first-order chi connectivity index (χ1) is 11.3. The molecule has 9 nitrogen and oxygen atoms in total. The van der Waals surface area contributed by atoms with Gasteiger partial charge in [0, 0.05) is 31.0 Å². The minimum Gasteiger partial charge on any atom is -0.465 e. The smallest absolute Gasteiger partial charge is 0.407 e. The van der Waals surface area contributed by atoms with Crippen molar-refractivity contribution in [3.63, 3.8) is 0 Å². The Morgan fingerprint density at radius 1 is 1.38 bits per heavy atom. The first-order valence-corrected chi connectivity index (χ1v) is 9.15. The van der Waals surface area contributed by atoms with E-state index in [-0.39, 0.29) is 13.1 Å². The van der Waals surface area contributed by atoms with Gasteiger partial charge in [-0.15, -0.1) is 0 Å². The summed E-state index contributed by atoms with van der Waals surface area (Å²) in [6.45, 7) is 0.201. The molecule has 0 spiro atoms. The van der Waals surface area contributed by atoms with Crippen molar-refractivity contribution >= 4 is 22.1 Å². The topological polar surface area (TPSA) is 126 Å². The molecular weight excluding hydrogens is 338 g/mol. The third-order valence-electron chi connectivity index (χ3n) is 3.61. The van der Waals surface area contributed by atoms with Crippen LogP contribution in [0.3, 0.4) is 0 Å². The minimum absolute atomic E-state index is 0.0493. The lowest BCUT2D eigenvalue weighted by atomic mass is 10.1. The number of carbonyl (C=O) groups is 2. The van der Waals surface area contributed by atoms with Crippen molar-refractivity contribution in [1.82, 2.24) is 15.2 Å². The van der Waals surface area contributed by atoms with Crippen LogP contribution in [0, 0.1) is 0 Å². The van der Waals surface area contributed by atoms with Gasteiger partial charge in [0.2, 0.25) is 0 Å². The summed E-state index contributed by atoms with van der Waals surface area (Å²) < 4.78 is 28.0. The zero-order valence-electron chi connectivity index (χ0n) is 13.1. The van der Waals surface area contributed by atoms with Crippen LogP contribution in [0.4, 0.5) is 4.79 Å². The monoisotopic (exact) mass is 357 g/mol. The molecule has 2 N–H and O–H groups in total. The average Bonchev–Trinajstić information content (AvgIpc) is 2.69. The zero-order valence-corrected chi connectivity index (χ0v) is 13.9.